The summed E-state index contributed by atoms with van der Waals surface area (Å²) in [5.41, 5.74) is 3.16. The molecule has 1 aliphatic rings. The highest BCUT2D eigenvalue weighted by Crippen LogP contribution is 2.25. The molecule has 2 aromatic heterocycles. The standard InChI is InChI=1S/C22H25N3O2.ClH/c1-2-3-6-19-21(22(26)25-14-5-4-7-20(25)24-19)16-8-10-17(11-9-16)27-18-12-13-23-15-18;/h4-5,7-11,14,18,23H,2-3,6,12-13,15H2,1H3;1H. The summed E-state index contributed by atoms with van der Waals surface area (Å²) in [6, 6.07) is 13.5. The number of benzene rings is 1. The van der Waals surface area contributed by atoms with E-state index in [0.717, 1.165) is 55.8 Å². The Kier molecular flexibility index (Phi) is 6.70. The van der Waals surface area contributed by atoms with Gasteiger partial charge < -0.3 is 10.1 Å². The van der Waals surface area contributed by atoms with Crippen LogP contribution in [0.15, 0.2) is 53.5 Å². The van der Waals surface area contributed by atoms with Crippen LogP contribution in [-0.2, 0) is 6.42 Å². The third kappa shape index (κ3) is 4.21. The lowest BCUT2D eigenvalue weighted by molar-refractivity contribution is 0.223. The van der Waals surface area contributed by atoms with Crippen molar-refractivity contribution >= 4 is 18.1 Å². The SMILES string of the molecule is CCCCc1nc2ccccn2c(=O)c1-c1ccc(OC2CCNC2)cc1.Cl. The van der Waals surface area contributed by atoms with E-state index in [-0.39, 0.29) is 24.1 Å². The number of hydrogen-bond donors (Lipinski definition) is 1. The smallest absolute Gasteiger partial charge is 0.265 e. The van der Waals surface area contributed by atoms with Gasteiger partial charge in [-0.25, -0.2) is 4.98 Å². The van der Waals surface area contributed by atoms with Crippen LogP contribution in [0.1, 0.15) is 31.9 Å². The van der Waals surface area contributed by atoms with Crippen molar-refractivity contribution in [3.05, 3.63) is 64.7 Å². The van der Waals surface area contributed by atoms with Crippen LogP contribution in [-0.4, -0.2) is 28.6 Å². The first-order valence-electron chi connectivity index (χ1n) is 9.74. The number of unbranched alkanes of at least 4 members (excludes halogenated alkanes) is 1. The summed E-state index contributed by atoms with van der Waals surface area (Å²) in [7, 11) is 0. The Morgan fingerprint density at radius 3 is 2.75 bits per heavy atom. The minimum absolute atomic E-state index is 0. The van der Waals surface area contributed by atoms with E-state index in [1.54, 1.807) is 10.6 Å². The monoisotopic (exact) mass is 399 g/mol. The van der Waals surface area contributed by atoms with E-state index in [4.69, 9.17) is 9.72 Å². The van der Waals surface area contributed by atoms with Crippen molar-refractivity contribution in [2.75, 3.05) is 13.1 Å². The number of halogens is 1. The van der Waals surface area contributed by atoms with Gasteiger partial charge in [0.15, 0.2) is 0 Å². The molecule has 148 valence electrons. The first-order valence-corrected chi connectivity index (χ1v) is 9.74. The number of nitrogens with one attached hydrogen (secondary N) is 1. The van der Waals surface area contributed by atoms with Gasteiger partial charge in [-0.05, 0) is 55.6 Å². The first kappa shape index (κ1) is 20.4. The van der Waals surface area contributed by atoms with Crippen LogP contribution in [0.4, 0.5) is 0 Å². The van der Waals surface area contributed by atoms with E-state index >= 15 is 0 Å². The molecule has 4 rings (SSSR count). The van der Waals surface area contributed by atoms with Crippen molar-refractivity contribution in [2.45, 2.75) is 38.7 Å². The zero-order valence-corrected chi connectivity index (χ0v) is 16.9. The Bertz CT molecular complexity index is 979. The number of nitrogens with zero attached hydrogens (tertiary/aromatic N) is 2. The predicted octanol–water partition coefficient (Wildman–Crippen LogP) is 3.87. The Hall–Kier alpha value is -2.37. The number of aryl methyl sites for hydroxylation is 1. The van der Waals surface area contributed by atoms with E-state index in [0.29, 0.717) is 11.2 Å². The van der Waals surface area contributed by atoms with Crippen LogP contribution >= 0.6 is 12.4 Å². The molecule has 6 heteroatoms. The van der Waals surface area contributed by atoms with Gasteiger partial charge in [-0.2, -0.15) is 0 Å². The second-order valence-corrected chi connectivity index (χ2v) is 7.03. The van der Waals surface area contributed by atoms with Crippen molar-refractivity contribution in [3.63, 3.8) is 0 Å². The zero-order valence-electron chi connectivity index (χ0n) is 16.1. The van der Waals surface area contributed by atoms with Gasteiger partial charge in [-0.15, -0.1) is 12.4 Å². The van der Waals surface area contributed by atoms with Crippen LogP contribution in [0.3, 0.4) is 0 Å². The fourth-order valence-corrected chi connectivity index (χ4v) is 3.57. The molecule has 1 N–H and O–H groups in total. The average molecular weight is 400 g/mol. The minimum Gasteiger partial charge on any atom is -0.489 e. The number of aromatic nitrogens is 2. The Balaban J connectivity index is 0.00000225. The van der Waals surface area contributed by atoms with Crippen molar-refractivity contribution in [1.29, 1.82) is 0 Å². The summed E-state index contributed by atoms with van der Waals surface area (Å²) in [5, 5.41) is 3.30. The summed E-state index contributed by atoms with van der Waals surface area (Å²) >= 11 is 0. The molecule has 0 spiro atoms. The summed E-state index contributed by atoms with van der Waals surface area (Å²) in [6.45, 7) is 4.04. The van der Waals surface area contributed by atoms with Gasteiger partial charge in [0.1, 0.15) is 17.5 Å². The molecule has 1 saturated heterocycles. The third-order valence-corrected chi connectivity index (χ3v) is 5.04. The Morgan fingerprint density at radius 1 is 1.21 bits per heavy atom. The van der Waals surface area contributed by atoms with Gasteiger partial charge >= 0.3 is 0 Å². The summed E-state index contributed by atoms with van der Waals surface area (Å²) in [6.07, 6.45) is 5.92. The lowest BCUT2D eigenvalue weighted by Gasteiger charge is -2.14. The van der Waals surface area contributed by atoms with E-state index in [9.17, 15) is 4.79 Å². The molecule has 3 aromatic rings. The predicted molar refractivity (Wildman–Crippen MR) is 115 cm³/mol. The molecule has 0 saturated carbocycles. The van der Waals surface area contributed by atoms with E-state index < -0.39 is 0 Å². The molecule has 3 heterocycles. The molecule has 0 aliphatic carbocycles. The summed E-state index contributed by atoms with van der Waals surface area (Å²) in [4.78, 5) is 17.9. The van der Waals surface area contributed by atoms with Gasteiger partial charge in [0.2, 0.25) is 0 Å². The maximum absolute atomic E-state index is 13.2. The van der Waals surface area contributed by atoms with Gasteiger partial charge in [0, 0.05) is 12.7 Å². The molecule has 0 bridgehead atoms. The van der Waals surface area contributed by atoms with E-state index in [1.807, 2.05) is 42.5 Å². The van der Waals surface area contributed by atoms with Crippen LogP contribution in [0.5, 0.6) is 5.75 Å². The fraction of sp³-hybridized carbons (Fsp3) is 0.364. The zero-order chi connectivity index (χ0) is 18.6. The molecular formula is C22H26ClN3O2. The lowest BCUT2D eigenvalue weighted by Crippen LogP contribution is -2.20. The summed E-state index contributed by atoms with van der Waals surface area (Å²) < 4.78 is 7.62. The quantitative estimate of drug-likeness (QED) is 0.683. The highest BCUT2D eigenvalue weighted by molar-refractivity contribution is 5.85. The highest BCUT2D eigenvalue weighted by Gasteiger charge is 2.17. The maximum Gasteiger partial charge on any atom is 0.265 e. The highest BCUT2D eigenvalue weighted by atomic mass is 35.5. The second kappa shape index (κ2) is 9.22. The van der Waals surface area contributed by atoms with Crippen LogP contribution < -0.4 is 15.6 Å². The van der Waals surface area contributed by atoms with Crippen LogP contribution in [0, 0.1) is 0 Å². The van der Waals surface area contributed by atoms with Gasteiger partial charge in [-0.1, -0.05) is 31.5 Å². The lowest BCUT2D eigenvalue weighted by atomic mass is 10.0. The number of rotatable bonds is 6. The minimum atomic E-state index is -0.0136. The van der Waals surface area contributed by atoms with Gasteiger partial charge in [0.05, 0.1) is 11.3 Å². The third-order valence-electron chi connectivity index (χ3n) is 5.04. The van der Waals surface area contributed by atoms with Gasteiger partial charge in [-0.3, -0.25) is 9.20 Å². The van der Waals surface area contributed by atoms with Crippen LogP contribution in [0.25, 0.3) is 16.8 Å². The second-order valence-electron chi connectivity index (χ2n) is 7.03. The molecule has 1 unspecified atom stereocenters. The molecule has 5 nitrogen and oxygen atoms in total. The largest absolute Gasteiger partial charge is 0.489 e. The number of hydrogen-bond acceptors (Lipinski definition) is 4. The van der Waals surface area contributed by atoms with Crippen molar-refractivity contribution in [1.82, 2.24) is 14.7 Å². The molecule has 1 atom stereocenters. The van der Waals surface area contributed by atoms with Crippen LogP contribution in [0.2, 0.25) is 0 Å². The molecule has 1 aliphatic heterocycles. The normalized spacial score (nSPS) is 16.1. The van der Waals surface area contributed by atoms with E-state index in [1.165, 1.54) is 0 Å². The molecule has 28 heavy (non-hydrogen) atoms. The molecule has 1 aromatic carbocycles. The average Bonchev–Trinajstić information content (AvgIpc) is 3.20. The molecule has 0 amide bonds. The topological polar surface area (TPSA) is 55.6 Å². The van der Waals surface area contributed by atoms with Gasteiger partial charge in [0.25, 0.3) is 5.56 Å². The summed E-state index contributed by atoms with van der Waals surface area (Å²) in [5.74, 6) is 0.844. The molecular weight excluding hydrogens is 374 g/mol. The molecule has 0 radical (unpaired) electrons. The Labute approximate surface area is 171 Å². The van der Waals surface area contributed by atoms with Crippen molar-refractivity contribution in [2.24, 2.45) is 0 Å². The number of pyridine rings is 1. The maximum atomic E-state index is 13.2. The molecule has 1 fully saturated rings. The number of ether oxygens (including phenoxy) is 1. The van der Waals surface area contributed by atoms with Crippen molar-refractivity contribution < 1.29 is 4.74 Å². The van der Waals surface area contributed by atoms with Crippen molar-refractivity contribution in [3.8, 4) is 16.9 Å². The van der Waals surface area contributed by atoms with E-state index in [2.05, 4.69) is 12.2 Å². The first-order chi connectivity index (χ1) is 13.3. The fourth-order valence-electron chi connectivity index (χ4n) is 3.57. The number of fused-ring (bicyclic) bond motifs is 1. The Morgan fingerprint density at radius 2 is 2.04 bits per heavy atom.